The van der Waals surface area contributed by atoms with Crippen molar-refractivity contribution in [2.45, 2.75) is 17.6 Å². The summed E-state index contributed by atoms with van der Waals surface area (Å²) >= 11 is 6.50. The van der Waals surface area contributed by atoms with Crippen molar-refractivity contribution in [3.8, 4) is 0 Å². The van der Waals surface area contributed by atoms with Crippen LogP contribution in [0.3, 0.4) is 0 Å². The van der Waals surface area contributed by atoms with Gasteiger partial charge in [-0.05, 0) is 13.3 Å². The van der Waals surface area contributed by atoms with Crippen molar-refractivity contribution in [2.24, 2.45) is 0 Å². The Hall–Kier alpha value is -0.210. The van der Waals surface area contributed by atoms with Crippen LogP contribution in [0.25, 0.3) is 0 Å². The fourth-order valence-corrected chi connectivity index (χ4v) is 3.37. The van der Waals surface area contributed by atoms with Gasteiger partial charge in [0.25, 0.3) is 10.0 Å². The van der Waals surface area contributed by atoms with Crippen LogP contribution in [-0.2, 0) is 14.8 Å². The van der Waals surface area contributed by atoms with Crippen LogP contribution in [0.4, 0.5) is 0 Å². The number of halogens is 1. The monoisotopic (exact) mass is 284 g/mol. The first-order valence-corrected chi connectivity index (χ1v) is 7.42. The smallest absolute Gasteiger partial charge is 0.251 e. The molecule has 1 rings (SSSR count). The van der Waals surface area contributed by atoms with Crippen molar-refractivity contribution >= 4 is 33.0 Å². The van der Waals surface area contributed by atoms with E-state index in [9.17, 15) is 8.42 Å². The first-order valence-electron chi connectivity index (χ1n) is 4.75. The van der Waals surface area contributed by atoms with Gasteiger partial charge in [-0.25, -0.2) is 18.1 Å². The van der Waals surface area contributed by atoms with Crippen LogP contribution >= 0.6 is 22.9 Å². The van der Waals surface area contributed by atoms with Gasteiger partial charge in [0.05, 0.1) is 6.20 Å². The number of hydrogen-bond acceptors (Lipinski definition) is 5. The molecule has 92 valence electrons. The highest BCUT2D eigenvalue weighted by molar-refractivity contribution is 7.91. The van der Waals surface area contributed by atoms with Crippen LogP contribution in [0.1, 0.15) is 13.3 Å². The average molecular weight is 285 g/mol. The predicted molar refractivity (Wildman–Crippen MR) is 63.4 cm³/mol. The molecule has 0 saturated heterocycles. The highest BCUT2D eigenvalue weighted by Crippen LogP contribution is 2.21. The summed E-state index contributed by atoms with van der Waals surface area (Å²) in [5.41, 5.74) is 0. The zero-order valence-electron chi connectivity index (χ0n) is 8.77. The fourth-order valence-electron chi connectivity index (χ4n) is 0.960. The Labute approximate surface area is 104 Å². The highest BCUT2D eigenvalue weighted by atomic mass is 35.5. The number of aromatic nitrogens is 1. The Morgan fingerprint density at radius 3 is 2.94 bits per heavy atom. The van der Waals surface area contributed by atoms with E-state index >= 15 is 0 Å². The maximum Gasteiger partial charge on any atom is 0.251 e. The minimum atomic E-state index is -3.46. The molecule has 1 N–H and O–H groups in total. The topological polar surface area (TPSA) is 68.3 Å². The summed E-state index contributed by atoms with van der Waals surface area (Å²) in [6.45, 7) is 3.42. The largest absolute Gasteiger partial charge is 0.382 e. The second kappa shape index (κ2) is 6.51. The van der Waals surface area contributed by atoms with Crippen LogP contribution in [0.2, 0.25) is 4.47 Å². The standard InChI is InChI=1S/C8H13ClN2O3S2/c1-2-14-5-3-4-11-16(12,13)7-6-10-8(9)15-7/h6,11H,2-5H2,1H3. The van der Waals surface area contributed by atoms with Gasteiger partial charge >= 0.3 is 0 Å². The van der Waals surface area contributed by atoms with E-state index in [2.05, 4.69) is 9.71 Å². The predicted octanol–water partition coefficient (Wildman–Crippen LogP) is 1.50. The lowest BCUT2D eigenvalue weighted by molar-refractivity contribution is 0.146. The summed E-state index contributed by atoms with van der Waals surface area (Å²) in [6.07, 6.45) is 1.89. The van der Waals surface area contributed by atoms with Crippen molar-refractivity contribution in [1.82, 2.24) is 9.71 Å². The van der Waals surface area contributed by atoms with Crippen LogP contribution in [0.15, 0.2) is 10.4 Å². The van der Waals surface area contributed by atoms with E-state index in [1.54, 1.807) is 0 Å². The van der Waals surface area contributed by atoms with Crippen molar-refractivity contribution < 1.29 is 13.2 Å². The second-order valence-electron chi connectivity index (χ2n) is 2.88. The molecule has 0 fully saturated rings. The summed E-state index contributed by atoms with van der Waals surface area (Å²) in [5.74, 6) is 0. The molecule has 16 heavy (non-hydrogen) atoms. The van der Waals surface area contributed by atoms with Gasteiger partial charge in [-0.2, -0.15) is 0 Å². The molecule has 0 saturated carbocycles. The Morgan fingerprint density at radius 2 is 2.38 bits per heavy atom. The molecule has 0 aliphatic heterocycles. The quantitative estimate of drug-likeness (QED) is 0.771. The Morgan fingerprint density at radius 1 is 1.62 bits per heavy atom. The molecule has 0 unspecified atom stereocenters. The molecule has 0 aliphatic rings. The fraction of sp³-hybridized carbons (Fsp3) is 0.625. The van der Waals surface area contributed by atoms with Gasteiger partial charge in [0.2, 0.25) is 0 Å². The molecule has 1 heterocycles. The summed E-state index contributed by atoms with van der Waals surface area (Å²) in [6, 6.07) is 0. The van der Waals surface area contributed by atoms with E-state index in [1.165, 1.54) is 6.20 Å². The number of sulfonamides is 1. The SMILES string of the molecule is CCOCCCNS(=O)(=O)c1cnc(Cl)s1. The normalized spacial score (nSPS) is 11.9. The molecule has 0 aromatic carbocycles. The van der Waals surface area contributed by atoms with Gasteiger partial charge in [-0.1, -0.05) is 22.9 Å². The van der Waals surface area contributed by atoms with E-state index in [4.69, 9.17) is 16.3 Å². The number of nitrogens with one attached hydrogen (secondary N) is 1. The van der Waals surface area contributed by atoms with Gasteiger partial charge in [0, 0.05) is 19.8 Å². The van der Waals surface area contributed by atoms with Gasteiger partial charge in [0.15, 0.2) is 8.68 Å². The van der Waals surface area contributed by atoms with Gasteiger partial charge in [-0.3, -0.25) is 0 Å². The van der Waals surface area contributed by atoms with Gasteiger partial charge in [0.1, 0.15) is 0 Å². The van der Waals surface area contributed by atoms with Crippen LogP contribution in [0.5, 0.6) is 0 Å². The first kappa shape index (κ1) is 13.9. The molecule has 8 heteroatoms. The Bertz CT molecular complexity index is 419. The molecule has 0 bridgehead atoms. The van der Waals surface area contributed by atoms with Gasteiger partial charge < -0.3 is 4.74 Å². The Kier molecular flexibility index (Phi) is 5.63. The first-order chi connectivity index (χ1) is 7.56. The molecule has 1 aromatic heterocycles. The summed E-state index contributed by atoms with van der Waals surface area (Å²) in [7, 11) is -3.46. The lowest BCUT2D eigenvalue weighted by atomic mass is 10.5. The second-order valence-corrected chi connectivity index (χ2v) is 6.49. The zero-order chi connectivity index (χ0) is 12.0. The molecular formula is C8H13ClN2O3S2. The van der Waals surface area contributed by atoms with Crippen molar-refractivity contribution in [2.75, 3.05) is 19.8 Å². The maximum atomic E-state index is 11.6. The van der Waals surface area contributed by atoms with Crippen molar-refractivity contribution in [3.63, 3.8) is 0 Å². The zero-order valence-corrected chi connectivity index (χ0v) is 11.2. The van der Waals surface area contributed by atoms with Crippen molar-refractivity contribution in [3.05, 3.63) is 10.7 Å². The van der Waals surface area contributed by atoms with Crippen LogP contribution < -0.4 is 4.72 Å². The average Bonchev–Trinajstić information content (AvgIpc) is 2.65. The number of rotatable bonds is 7. The highest BCUT2D eigenvalue weighted by Gasteiger charge is 2.16. The summed E-state index contributed by atoms with van der Waals surface area (Å²) in [5, 5.41) is 0. The van der Waals surface area contributed by atoms with E-state index in [-0.39, 0.29) is 8.68 Å². The molecule has 1 aromatic rings. The van der Waals surface area contributed by atoms with Crippen LogP contribution in [0, 0.1) is 0 Å². The minimum Gasteiger partial charge on any atom is -0.382 e. The lowest BCUT2D eigenvalue weighted by Crippen LogP contribution is -2.24. The summed E-state index contributed by atoms with van der Waals surface area (Å²) in [4.78, 5) is 3.68. The molecule has 0 aliphatic carbocycles. The van der Waals surface area contributed by atoms with Gasteiger partial charge in [-0.15, -0.1) is 0 Å². The van der Waals surface area contributed by atoms with E-state index in [0.717, 1.165) is 11.3 Å². The van der Waals surface area contributed by atoms with Crippen molar-refractivity contribution in [1.29, 1.82) is 0 Å². The molecule has 0 radical (unpaired) electrons. The molecule has 0 spiro atoms. The number of nitrogens with zero attached hydrogens (tertiary/aromatic N) is 1. The third-order valence-electron chi connectivity index (χ3n) is 1.68. The maximum absolute atomic E-state index is 11.6. The summed E-state index contributed by atoms with van der Waals surface area (Å²) < 4.78 is 31.2. The number of thiazole rings is 1. The minimum absolute atomic E-state index is 0.133. The van der Waals surface area contributed by atoms with E-state index in [1.807, 2.05) is 6.92 Å². The molecular weight excluding hydrogens is 272 g/mol. The van der Waals surface area contributed by atoms with E-state index < -0.39 is 10.0 Å². The molecule has 0 amide bonds. The Balaban J connectivity index is 2.41. The van der Waals surface area contributed by atoms with Crippen LogP contribution in [-0.4, -0.2) is 33.2 Å². The third-order valence-corrected chi connectivity index (χ3v) is 4.72. The molecule has 0 atom stereocenters. The molecule has 5 nitrogen and oxygen atoms in total. The number of ether oxygens (including phenoxy) is 1. The number of hydrogen-bond donors (Lipinski definition) is 1. The van der Waals surface area contributed by atoms with E-state index in [0.29, 0.717) is 26.2 Å². The third kappa shape index (κ3) is 4.34. The lowest BCUT2D eigenvalue weighted by Gasteiger charge is -2.04.